The maximum atomic E-state index is 11.4. The molecule has 0 aliphatic heterocycles. The minimum absolute atomic E-state index is 0.248. The van der Waals surface area contributed by atoms with Crippen molar-refractivity contribution >= 4 is 11.4 Å². The second-order valence-corrected chi connectivity index (χ2v) is 4.36. The fourth-order valence-electron chi connectivity index (χ4n) is 2.00. The van der Waals surface area contributed by atoms with E-state index in [9.17, 15) is 4.79 Å². The van der Waals surface area contributed by atoms with Crippen LogP contribution < -0.4 is 4.74 Å². The lowest BCUT2D eigenvalue weighted by Gasteiger charge is -2.12. The molecule has 0 N–H and O–H groups in total. The molecular formula is C15H18O2. The van der Waals surface area contributed by atoms with Gasteiger partial charge in [0, 0.05) is 6.42 Å². The third-order valence-corrected chi connectivity index (χ3v) is 2.90. The van der Waals surface area contributed by atoms with Crippen LogP contribution in [0.4, 0.5) is 0 Å². The van der Waals surface area contributed by atoms with E-state index in [1.807, 2.05) is 24.3 Å². The molecule has 0 radical (unpaired) electrons. The van der Waals surface area contributed by atoms with E-state index in [4.69, 9.17) is 4.74 Å². The Balaban J connectivity index is 2.09. The molecule has 0 atom stereocenters. The number of hydrogen-bond acceptors (Lipinski definition) is 2. The average molecular weight is 230 g/mol. The van der Waals surface area contributed by atoms with Gasteiger partial charge in [-0.2, -0.15) is 0 Å². The summed E-state index contributed by atoms with van der Waals surface area (Å²) in [5.74, 6) is 1.15. The Bertz CT molecular complexity index is 415. The van der Waals surface area contributed by atoms with Gasteiger partial charge in [0.05, 0.1) is 6.61 Å². The normalized spacial score (nSPS) is 15.6. The lowest BCUT2D eigenvalue weighted by atomic mass is 9.93. The van der Waals surface area contributed by atoms with Crippen molar-refractivity contribution in [3.8, 4) is 5.75 Å². The lowest BCUT2D eigenvalue weighted by Crippen LogP contribution is -2.02. The Labute approximate surface area is 102 Å². The van der Waals surface area contributed by atoms with Gasteiger partial charge in [0.15, 0.2) is 5.78 Å². The molecule has 0 spiro atoms. The highest BCUT2D eigenvalue weighted by atomic mass is 16.5. The summed E-state index contributed by atoms with van der Waals surface area (Å²) < 4.78 is 5.53. The van der Waals surface area contributed by atoms with Gasteiger partial charge in [0.25, 0.3) is 0 Å². The SMILES string of the molecule is CCCOc1ccc(C2=CC(=O)CCC2)cc1. The smallest absolute Gasteiger partial charge is 0.155 e. The van der Waals surface area contributed by atoms with Gasteiger partial charge < -0.3 is 4.74 Å². The Hall–Kier alpha value is -1.57. The van der Waals surface area contributed by atoms with Crippen molar-refractivity contribution in [3.05, 3.63) is 35.9 Å². The molecule has 0 saturated heterocycles. The molecular weight excluding hydrogens is 212 g/mol. The van der Waals surface area contributed by atoms with E-state index in [0.717, 1.165) is 42.8 Å². The summed E-state index contributed by atoms with van der Waals surface area (Å²) in [5.41, 5.74) is 2.30. The highest BCUT2D eigenvalue weighted by molar-refractivity contribution is 5.98. The van der Waals surface area contributed by atoms with Crippen LogP contribution in [0.15, 0.2) is 30.3 Å². The van der Waals surface area contributed by atoms with Gasteiger partial charge in [0.1, 0.15) is 5.75 Å². The summed E-state index contributed by atoms with van der Waals surface area (Å²) in [6.07, 6.45) is 5.47. The van der Waals surface area contributed by atoms with E-state index in [-0.39, 0.29) is 5.78 Å². The summed E-state index contributed by atoms with van der Waals surface area (Å²) in [6, 6.07) is 8.03. The summed E-state index contributed by atoms with van der Waals surface area (Å²) in [4.78, 5) is 11.4. The van der Waals surface area contributed by atoms with Crippen LogP contribution in [0.3, 0.4) is 0 Å². The molecule has 0 saturated carbocycles. The number of hydrogen-bond donors (Lipinski definition) is 0. The molecule has 0 unspecified atom stereocenters. The molecule has 2 nitrogen and oxygen atoms in total. The minimum atomic E-state index is 0.248. The Morgan fingerprint density at radius 3 is 2.59 bits per heavy atom. The van der Waals surface area contributed by atoms with Crippen LogP contribution in [-0.4, -0.2) is 12.4 Å². The van der Waals surface area contributed by atoms with Crippen molar-refractivity contribution in [1.82, 2.24) is 0 Å². The van der Waals surface area contributed by atoms with Crippen LogP contribution >= 0.6 is 0 Å². The van der Waals surface area contributed by atoms with Gasteiger partial charge in [0.2, 0.25) is 0 Å². The minimum Gasteiger partial charge on any atom is -0.494 e. The van der Waals surface area contributed by atoms with Crippen molar-refractivity contribution in [1.29, 1.82) is 0 Å². The molecule has 0 heterocycles. The first-order chi connectivity index (χ1) is 8.29. The van der Waals surface area contributed by atoms with Crippen molar-refractivity contribution < 1.29 is 9.53 Å². The molecule has 0 bridgehead atoms. The molecule has 0 fully saturated rings. The second-order valence-electron chi connectivity index (χ2n) is 4.36. The third-order valence-electron chi connectivity index (χ3n) is 2.90. The maximum absolute atomic E-state index is 11.4. The van der Waals surface area contributed by atoms with E-state index in [2.05, 4.69) is 6.92 Å². The number of benzene rings is 1. The predicted octanol–water partition coefficient (Wildman–Crippen LogP) is 3.61. The van der Waals surface area contributed by atoms with Gasteiger partial charge >= 0.3 is 0 Å². The number of ether oxygens (including phenoxy) is 1. The zero-order valence-corrected chi connectivity index (χ0v) is 10.2. The first kappa shape index (κ1) is 11.9. The van der Waals surface area contributed by atoms with Gasteiger partial charge in [-0.05, 0) is 48.6 Å². The van der Waals surface area contributed by atoms with E-state index in [1.165, 1.54) is 0 Å². The van der Waals surface area contributed by atoms with Crippen molar-refractivity contribution in [2.75, 3.05) is 6.61 Å². The summed E-state index contributed by atoms with van der Waals surface area (Å²) in [5, 5.41) is 0. The number of ketones is 1. The fraction of sp³-hybridized carbons (Fsp3) is 0.400. The Morgan fingerprint density at radius 1 is 1.18 bits per heavy atom. The summed E-state index contributed by atoms with van der Waals surface area (Å²) in [6.45, 7) is 2.84. The highest BCUT2D eigenvalue weighted by Gasteiger charge is 2.11. The number of carbonyl (C=O) groups excluding carboxylic acids is 1. The third kappa shape index (κ3) is 3.19. The van der Waals surface area contributed by atoms with Crippen LogP contribution in [0, 0.1) is 0 Å². The monoisotopic (exact) mass is 230 g/mol. The molecule has 2 rings (SSSR count). The zero-order valence-electron chi connectivity index (χ0n) is 10.2. The molecule has 0 aromatic heterocycles. The van der Waals surface area contributed by atoms with Crippen LogP contribution in [0.2, 0.25) is 0 Å². The van der Waals surface area contributed by atoms with Crippen LogP contribution in [-0.2, 0) is 4.79 Å². The Kier molecular flexibility index (Phi) is 3.97. The van der Waals surface area contributed by atoms with Gasteiger partial charge in [-0.15, -0.1) is 0 Å². The standard InChI is InChI=1S/C15H18O2/c1-2-10-17-15-8-6-12(7-9-15)13-4-3-5-14(16)11-13/h6-9,11H,2-5,10H2,1H3. The summed E-state index contributed by atoms with van der Waals surface area (Å²) in [7, 11) is 0. The van der Waals surface area contributed by atoms with Crippen LogP contribution in [0.1, 0.15) is 38.2 Å². The van der Waals surface area contributed by atoms with Crippen molar-refractivity contribution in [3.63, 3.8) is 0 Å². The predicted molar refractivity (Wildman–Crippen MR) is 69.1 cm³/mol. The molecule has 2 heteroatoms. The lowest BCUT2D eigenvalue weighted by molar-refractivity contribution is -0.114. The molecule has 17 heavy (non-hydrogen) atoms. The van der Waals surface area contributed by atoms with E-state index >= 15 is 0 Å². The molecule has 90 valence electrons. The molecule has 1 aliphatic carbocycles. The van der Waals surface area contributed by atoms with Gasteiger partial charge in [-0.3, -0.25) is 4.79 Å². The number of rotatable bonds is 4. The summed E-state index contributed by atoms with van der Waals surface area (Å²) >= 11 is 0. The van der Waals surface area contributed by atoms with Crippen LogP contribution in [0.5, 0.6) is 5.75 Å². The van der Waals surface area contributed by atoms with E-state index < -0.39 is 0 Å². The first-order valence-electron chi connectivity index (χ1n) is 6.26. The van der Waals surface area contributed by atoms with Crippen LogP contribution in [0.25, 0.3) is 5.57 Å². The van der Waals surface area contributed by atoms with Crippen molar-refractivity contribution in [2.24, 2.45) is 0 Å². The van der Waals surface area contributed by atoms with Gasteiger partial charge in [-0.25, -0.2) is 0 Å². The fourth-order valence-corrected chi connectivity index (χ4v) is 2.00. The zero-order chi connectivity index (χ0) is 12.1. The number of carbonyl (C=O) groups is 1. The largest absolute Gasteiger partial charge is 0.494 e. The van der Waals surface area contributed by atoms with Gasteiger partial charge in [-0.1, -0.05) is 19.1 Å². The molecule has 0 amide bonds. The quantitative estimate of drug-likeness (QED) is 0.789. The van der Waals surface area contributed by atoms with E-state index in [0.29, 0.717) is 6.42 Å². The second kappa shape index (κ2) is 5.67. The topological polar surface area (TPSA) is 26.3 Å². The molecule has 1 aliphatic rings. The first-order valence-corrected chi connectivity index (χ1v) is 6.26. The average Bonchev–Trinajstić information content (AvgIpc) is 2.37. The number of allylic oxidation sites excluding steroid dienone is 2. The maximum Gasteiger partial charge on any atom is 0.155 e. The molecule has 1 aromatic carbocycles. The van der Waals surface area contributed by atoms with E-state index in [1.54, 1.807) is 6.08 Å². The van der Waals surface area contributed by atoms with Crippen molar-refractivity contribution in [2.45, 2.75) is 32.6 Å². The molecule has 1 aromatic rings. The highest BCUT2D eigenvalue weighted by Crippen LogP contribution is 2.26. The Morgan fingerprint density at radius 2 is 1.94 bits per heavy atom.